The van der Waals surface area contributed by atoms with Crippen LogP contribution in [0.25, 0.3) is 0 Å². The zero-order chi connectivity index (χ0) is 13.7. The first-order valence-electron chi connectivity index (χ1n) is 6.55. The molecule has 19 heavy (non-hydrogen) atoms. The van der Waals surface area contributed by atoms with E-state index in [0.29, 0.717) is 6.54 Å². The third-order valence-corrected chi connectivity index (χ3v) is 3.52. The number of nitrogens with one attached hydrogen (secondary N) is 2. The number of β-amino-alcohol motifs (C(OH)–C–C–N with tert-alkyl or cyclic N) is 1. The smallest absolute Gasteiger partial charge is 0.127 e. The quantitative estimate of drug-likeness (QED) is 0.694. The van der Waals surface area contributed by atoms with Crippen LogP contribution in [-0.4, -0.2) is 45.1 Å². The van der Waals surface area contributed by atoms with Crippen molar-refractivity contribution in [2.45, 2.75) is 12.6 Å². The highest BCUT2D eigenvalue weighted by atomic mass is 16.5. The molecule has 0 aromatic heterocycles. The van der Waals surface area contributed by atoms with Crippen molar-refractivity contribution in [3.63, 3.8) is 0 Å². The normalized spacial score (nSPS) is 22.5. The predicted molar refractivity (Wildman–Crippen MR) is 73.6 cm³/mol. The average molecular weight is 266 g/mol. The lowest BCUT2D eigenvalue weighted by molar-refractivity contribution is 0.146. The fraction of sp³-hybridized carbons (Fsp3) is 0.571. The van der Waals surface area contributed by atoms with Crippen molar-refractivity contribution in [1.29, 1.82) is 0 Å². The highest BCUT2D eigenvalue weighted by molar-refractivity contribution is 5.40. The summed E-state index contributed by atoms with van der Waals surface area (Å²) in [5.41, 5.74) is 1.09. The maximum Gasteiger partial charge on any atom is 0.127 e. The van der Waals surface area contributed by atoms with Gasteiger partial charge >= 0.3 is 0 Å². The SMILES string of the molecule is COc1ccc(CNCC2CNCC2O)c(OC)c1. The molecule has 0 bridgehead atoms. The predicted octanol–water partition coefficient (Wildman–Crippen LogP) is 0.374. The van der Waals surface area contributed by atoms with E-state index >= 15 is 0 Å². The highest BCUT2D eigenvalue weighted by Crippen LogP contribution is 2.24. The molecular formula is C14H22N2O3. The highest BCUT2D eigenvalue weighted by Gasteiger charge is 2.24. The monoisotopic (exact) mass is 266 g/mol. The molecule has 0 amide bonds. The molecule has 1 aromatic carbocycles. The molecule has 1 heterocycles. The molecule has 1 fully saturated rings. The Morgan fingerprint density at radius 3 is 2.79 bits per heavy atom. The zero-order valence-electron chi connectivity index (χ0n) is 11.5. The van der Waals surface area contributed by atoms with E-state index in [0.717, 1.165) is 36.7 Å². The van der Waals surface area contributed by atoms with Crippen molar-refractivity contribution in [2.24, 2.45) is 5.92 Å². The third-order valence-electron chi connectivity index (χ3n) is 3.52. The topological polar surface area (TPSA) is 62.8 Å². The van der Waals surface area contributed by atoms with Gasteiger partial charge in [0.2, 0.25) is 0 Å². The van der Waals surface area contributed by atoms with Crippen LogP contribution >= 0.6 is 0 Å². The number of hydrogen-bond donors (Lipinski definition) is 3. The zero-order valence-corrected chi connectivity index (χ0v) is 11.5. The van der Waals surface area contributed by atoms with Gasteiger partial charge in [0.25, 0.3) is 0 Å². The van der Waals surface area contributed by atoms with Crippen molar-refractivity contribution in [1.82, 2.24) is 10.6 Å². The van der Waals surface area contributed by atoms with Crippen molar-refractivity contribution < 1.29 is 14.6 Å². The van der Waals surface area contributed by atoms with Gasteiger partial charge in [0.1, 0.15) is 11.5 Å². The Hall–Kier alpha value is -1.30. The van der Waals surface area contributed by atoms with Crippen LogP contribution in [0.1, 0.15) is 5.56 Å². The van der Waals surface area contributed by atoms with Crippen LogP contribution in [0.5, 0.6) is 11.5 Å². The van der Waals surface area contributed by atoms with Gasteiger partial charge in [-0.05, 0) is 6.07 Å². The largest absolute Gasteiger partial charge is 0.497 e. The molecule has 0 spiro atoms. The summed E-state index contributed by atoms with van der Waals surface area (Å²) in [7, 11) is 3.30. The van der Waals surface area contributed by atoms with E-state index in [1.165, 1.54) is 0 Å². The second kappa shape index (κ2) is 6.75. The van der Waals surface area contributed by atoms with Crippen LogP contribution < -0.4 is 20.1 Å². The molecule has 2 rings (SSSR count). The first-order chi connectivity index (χ1) is 9.24. The Labute approximate surface area is 113 Å². The number of methoxy groups -OCH3 is 2. The summed E-state index contributed by atoms with van der Waals surface area (Å²) in [5, 5.41) is 16.3. The van der Waals surface area contributed by atoms with E-state index in [9.17, 15) is 5.11 Å². The summed E-state index contributed by atoms with van der Waals surface area (Å²) in [4.78, 5) is 0. The van der Waals surface area contributed by atoms with Gasteiger partial charge in [-0.25, -0.2) is 0 Å². The molecular weight excluding hydrogens is 244 g/mol. The Kier molecular flexibility index (Phi) is 5.01. The Morgan fingerprint density at radius 2 is 2.16 bits per heavy atom. The van der Waals surface area contributed by atoms with Crippen LogP contribution in [0.2, 0.25) is 0 Å². The summed E-state index contributed by atoms with van der Waals surface area (Å²) >= 11 is 0. The number of ether oxygens (including phenoxy) is 2. The first kappa shape index (κ1) is 14.1. The Balaban J connectivity index is 1.88. The van der Waals surface area contributed by atoms with E-state index in [-0.39, 0.29) is 12.0 Å². The summed E-state index contributed by atoms with van der Waals surface area (Å²) in [5.74, 6) is 1.89. The minimum absolute atomic E-state index is 0.245. The van der Waals surface area contributed by atoms with E-state index < -0.39 is 0 Å². The molecule has 106 valence electrons. The summed E-state index contributed by atoms with van der Waals surface area (Å²) in [6, 6.07) is 5.79. The maximum absolute atomic E-state index is 9.71. The minimum Gasteiger partial charge on any atom is -0.497 e. The van der Waals surface area contributed by atoms with E-state index in [1.807, 2.05) is 18.2 Å². The Morgan fingerprint density at radius 1 is 1.32 bits per heavy atom. The number of aliphatic hydroxyl groups excluding tert-OH is 1. The molecule has 1 aliphatic heterocycles. The number of hydrogen-bond acceptors (Lipinski definition) is 5. The lowest BCUT2D eigenvalue weighted by Crippen LogP contribution is -2.30. The second-order valence-electron chi connectivity index (χ2n) is 4.79. The Bertz CT molecular complexity index is 412. The molecule has 5 nitrogen and oxygen atoms in total. The molecule has 3 N–H and O–H groups in total. The van der Waals surface area contributed by atoms with Crippen molar-refractivity contribution in [3.8, 4) is 11.5 Å². The molecule has 0 aliphatic carbocycles. The van der Waals surface area contributed by atoms with Crippen LogP contribution in [0, 0.1) is 5.92 Å². The van der Waals surface area contributed by atoms with Crippen LogP contribution in [0.4, 0.5) is 0 Å². The summed E-state index contributed by atoms with van der Waals surface area (Å²) in [6.07, 6.45) is -0.245. The van der Waals surface area contributed by atoms with Crippen LogP contribution in [0.15, 0.2) is 18.2 Å². The van der Waals surface area contributed by atoms with Gasteiger partial charge < -0.3 is 25.2 Å². The van der Waals surface area contributed by atoms with E-state index in [4.69, 9.17) is 9.47 Å². The number of benzene rings is 1. The van der Waals surface area contributed by atoms with Crippen molar-refractivity contribution in [2.75, 3.05) is 33.9 Å². The fourth-order valence-electron chi connectivity index (χ4n) is 2.32. The van der Waals surface area contributed by atoms with E-state index in [2.05, 4.69) is 10.6 Å². The minimum atomic E-state index is -0.245. The molecule has 5 heteroatoms. The molecule has 2 atom stereocenters. The van der Waals surface area contributed by atoms with E-state index in [1.54, 1.807) is 14.2 Å². The van der Waals surface area contributed by atoms with Gasteiger partial charge in [0, 0.05) is 43.7 Å². The molecule has 1 saturated heterocycles. The maximum atomic E-state index is 9.71. The fourth-order valence-corrected chi connectivity index (χ4v) is 2.32. The molecule has 0 radical (unpaired) electrons. The standard InChI is InChI=1S/C14H22N2O3/c1-18-12-4-3-10(14(5-12)19-2)6-15-7-11-8-16-9-13(11)17/h3-5,11,13,15-17H,6-9H2,1-2H3. The third kappa shape index (κ3) is 3.59. The number of rotatable bonds is 6. The van der Waals surface area contributed by atoms with Gasteiger partial charge in [-0.1, -0.05) is 6.07 Å². The molecule has 0 saturated carbocycles. The number of aliphatic hydroxyl groups is 1. The van der Waals surface area contributed by atoms with Crippen LogP contribution in [-0.2, 0) is 6.54 Å². The second-order valence-corrected chi connectivity index (χ2v) is 4.79. The van der Waals surface area contributed by atoms with Gasteiger partial charge in [0.05, 0.1) is 20.3 Å². The van der Waals surface area contributed by atoms with Crippen molar-refractivity contribution in [3.05, 3.63) is 23.8 Å². The lowest BCUT2D eigenvalue weighted by Gasteiger charge is -2.15. The molecule has 1 aliphatic rings. The van der Waals surface area contributed by atoms with Gasteiger partial charge in [-0.2, -0.15) is 0 Å². The van der Waals surface area contributed by atoms with Gasteiger partial charge in [-0.15, -0.1) is 0 Å². The summed E-state index contributed by atoms with van der Waals surface area (Å²) in [6.45, 7) is 3.08. The van der Waals surface area contributed by atoms with Gasteiger partial charge in [0.15, 0.2) is 0 Å². The first-order valence-corrected chi connectivity index (χ1v) is 6.55. The lowest BCUT2D eigenvalue weighted by atomic mass is 10.1. The summed E-state index contributed by atoms with van der Waals surface area (Å²) < 4.78 is 10.5. The molecule has 2 unspecified atom stereocenters. The van der Waals surface area contributed by atoms with Crippen LogP contribution in [0.3, 0.4) is 0 Å². The van der Waals surface area contributed by atoms with Gasteiger partial charge in [-0.3, -0.25) is 0 Å². The van der Waals surface area contributed by atoms with Crippen molar-refractivity contribution >= 4 is 0 Å². The average Bonchev–Trinajstić information content (AvgIpc) is 2.84. The molecule has 1 aromatic rings.